The molecule has 0 heterocycles. The lowest BCUT2D eigenvalue weighted by Crippen LogP contribution is -2.62. The minimum atomic E-state index is -1.79. The van der Waals surface area contributed by atoms with Crippen molar-refractivity contribution in [2.45, 2.75) is 122 Å². The van der Waals surface area contributed by atoms with Gasteiger partial charge in [-0.05, 0) is 48.2 Å². The molecule has 8 amide bonds. The molecule has 0 aliphatic heterocycles. The topological polar surface area (TPSA) is 391 Å². The van der Waals surface area contributed by atoms with Crippen molar-refractivity contribution < 1.29 is 73.2 Å². The molecule has 0 aromatic heterocycles. The lowest BCUT2D eigenvalue weighted by atomic mass is 9.98. The Hall–Kier alpha value is -6.34. The molecule has 0 unspecified atom stereocenters. The summed E-state index contributed by atoms with van der Waals surface area (Å²) >= 11 is 1.35. The highest BCUT2D eigenvalue weighted by atomic mass is 32.2. The average Bonchev–Trinajstić information content (AvgIpc) is 3.26. The van der Waals surface area contributed by atoms with E-state index >= 15 is 0 Å². The van der Waals surface area contributed by atoms with Crippen LogP contribution >= 0.6 is 11.8 Å². The van der Waals surface area contributed by atoms with Gasteiger partial charge >= 0.3 is 17.9 Å². The average molecular weight is 982 g/mol. The number of nitrogens with two attached hydrogens (primary N) is 1. The van der Waals surface area contributed by atoms with Gasteiger partial charge in [0.1, 0.15) is 48.8 Å². The Kier molecular flexibility index (Phi) is 26.4. The lowest BCUT2D eigenvalue weighted by molar-refractivity contribution is -0.142. The van der Waals surface area contributed by atoms with E-state index in [1.807, 2.05) is 0 Å². The van der Waals surface area contributed by atoms with Crippen LogP contribution in [0, 0.1) is 17.8 Å². The van der Waals surface area contributed by atoms with E-state index in [2.05, 4.69) is 42.5 Å². The number of amides is 8. The first-order chi connectivity index (χ1) is 31.8. The van der Waals surface area contributed by atoms with Crippen molar-refractivity contribution in [1.82, 2.24) is 42.5 Å². The number of hydrogen-bond acceptors (Lipinski definition) is 14. The van der Waals surface area contributed by atoms with E-state index in [1.165, 1.54) is 11.8 Å². The van der Waals surface area contributed by atoms with E-state index in [1.54, 1.807) is 78.1 Å². The minimum Gasteiger partial charge on any atom is -0.481 e. The molecule has 1 rings (SSSR count). The van der Waals surface area contributed by atoms with Gasteiger partial charge in [-0.1, -0.05) is 71.9 Å². The van der Waals surface area contributed by atoms with Crippen LogP contribution in [0.2, 0.25) is 0 Å². The second-order valence-corrected chi connectivity index (χ2v) is 17.8. The Labute approximate surface area is 398 Å². The molecule has 8 atom stereocenters. The van der Waals surface area contributed by atoms with Gasteiger partial charge in [0.2, 0.25) is 47.3 Å². The molecule has 1 aromatic carbocycles. The van der Waals surface area contributed by atoms with Gasteiger partial charge in [0.25, 0.3) is 0 Å². The fraction of sp³-hybridized carbons (Fsp3) is 0.605. The minimum absolute atomic E-state index is 0.0833. The number of aliphatic hydroxyl groups excluding tert-OH is 1. The van der Waals surface area contributed by atoms with Gasteiger partial charge in [0.15, 0.2) is 0 Å². The molecule has 0 spiro atoms. The van der Waals surface area contributed by atoms with Crippen molar-refractivity contribution in [3.8, 4) is 0 Å². The molecule has 380 valence electrons. The van der Waals surface area contributed by atoms with E-state index in [0.717, 1.165) is 0 Å². The molecule has 0 aliphatic carbocycles. The van der Waals surface area contributed by atoms with Crippen LogP contribution in [0.25, 0.3) is 0 Å². The molecule has 14 N–H and O–H groups in total. The van der Waals surface area contributed by atoms with Gasteiger partial charge in [-0.25, -0.2) is 0 Å². The first kappa shape index (κ1) is 59.7. The Morgan fingerprint density at radius 3 is 1.41 bits per heavy atom. The maximum absolute atomic E-state index is 14.1. The van der Waals surface area contributed by atoms with Crippen molar-refractivity contribution in [1.29, 1.82) is 0 Å². The predicted molar refractivity (Wildman–Crippen MR) is 246 cm³/mol. The Morgan fingerprint density at radius 2 is 0.971 bits per heavy atom. The number of carbonyl (C=O) groups is 11. The third kappa shape index (κ3) is 21.5. The first-order valence-electron chi connectivity index (χ1n) is 21.8. The van der Waals surface area contributed by atoms with Gasteiger partial charge in [0, 0.05) is 12.8 Å². The van der Waals surface area contributed by atoms with Crippen LogP contribution < -0.4 is 48.3 Å². The number of nitrogens with one attached hydrogen (secondary N) is 8. The van der Waals surface area contributed by atoms with Gasteiger partial charge < -0.3 is 68.7 Å². The lowest BCUT2D eigenvalue weighted by Gasteiger charge is -2.30. The number of carboxylic acids is 3. The first-order valence-corrected chi connectivity index (χ1v) is 23.2. The van der Waals surface area contributed by atoms with Crippen LogP contribution in [-0.2, 0) is 59.2 Å². The van der Waals surface area contributed by atoms with Crippen molar-refractivity contribution in [2.75, 3.05) is 25.2 Å². The molecule has 0 radical (unpaired) electrons. The third-order valence-corrected chi connectivity index (χ3v) is 10.8. The molecule has 0 bridgehead atoms. The molecule has 24 nitrogen and oxygen atoms in total. The molecule has 0 saturated heterocycles. The van der Waals surface area contributed by atoms with Crippen LogP contribution in [-0.4, -0.2) is 159 Å². The normalized spacial score (nSPS) is 14.6. The van der Waals surface area contributed by atoms with Gasteiger partial charge in [0.05, 0.1) is 19.1 Å². The summed E-state index contributed by atoms with van der Waals surface area (Å²) in [6, 6.07) is -3.16. The summed E-state index contributed by atoms with van der Waals surface area (Å²) in [4.78, 5) is 141. The van der Waals surface area contributed by atoms with E-state index in [0.29, 0.717) is 11.3 Å². The second-order valence-electron chi connectivity index (χ2n) is 16.8. The van der Waals surface area contributed by atoms with Gasteiger partial charge in [-0.2, -0.15) is 11.8 Å². The van der Waals surface area contributed by atoms with Crippen LogP contribution in [0.4, 0.5) is 0 Å². The number of thioether (sulfide) groups is 1. The predicted octanol–water partition coefficient (Wildman–Crippen LogP) is -2.80. The van der Waals surface area contributed by atoms with Crippen LogP contribution in [0.5, 0.6) is 0 Å². The number of aliphatic hydroxyl groups is 1. The summed E-state index contributed by atoms with van der Waals surface area (Å²) in [6.07, 6.45) is 0.0520. The van der Waals surface area contributed by atoms with Crippen molar-refractivity contribution in [3.63, 3.8) is 0 Å². The number of rotatable bonds is 31. The fourth-order valence-electron chi connectivity index (χ4n) is 6.27. The highest BCUT2D eigenvalue weighted by Crippen LogP contribution is 2.12. The number of carbonyl (C=O) groups excluding carboxylic acids is 8. The molecule has 68 heavy (non-hydrogen) atoms. The zero-order valence-electron chi connectivity index (χ0n) is 39.2. The van der Waals surface area contributed by atoms with Crippen molar-refractivity contribution >= 4 is 76.9 Å². The number of aliphatic carboxylic acids is 3. The maximum Gasteiger partial charge on any atom is 0.322 e. The third-order valence-electron chi connectivity index (χ3n) is 10.1. The summed E-state index contributed by atoms with van der Waals surface area (Å²) in [5.74, 6) is -13.1. The molecule has 0 saturated carbocycles. The van der Waals surface area contributed by atoms with E-state index in [9.17, 15) is 63.0 Å². The molecule has 1 aromatic rings. The maximum atomic E-state index is 14.1. The summed E-state index contributed by atoms with van der Waals surface area (Å²) in [5.41, 5.74) is 6.35. The zero-order chi connectivity index (χ0) is 51.8. The highest BCUT2D eigenvalue weighted by Gasteiger charge is 2.37. The molecular formula is C43H67N9O15S. The van der Waals surface area contributed by atoms with Crippen molar-refractivity contribution in [2.24, 2.45) is 23.5 Å². The van der Waals surface area contributed by atoms with Crippen LogP contribution in [0.1, 0.15) is 72.8 Å². The van der Waals surface area contributed by atoms with Crippen LogP contribution in [0.15, 0.2) is 30.3 Å². The van der Waals surface area contributed by atoms with E-state index < -0.39 is 157 Å². The van der Waals surface area contributed by atoms with Crippen molar-refractivity contribution in [3.05, 3.63) is 35.9 Å². The molecule has 0 fully saturated rings. The van der Waals surface area contributed by atoms with E-state index in [-0.39, 0.29) is 19.3 Å². The monoisotopic (exact) mass is 981 g/mol. The summed E-state index contributed by atoms with van der Waals surface area (Å²) in [6.45, 7) is 7.66. The largest absolute Gasteiger partial charge is 0.481 e. The molecular weight excluding hydrogens is 915 g/mol. The quantitative estimate of drug-likeness (QED) is 0.0357. The summed E-state index contributed by atoms with van der Waals surface area (Å²) < 4.78 is 0. The number of benzene rings is 1. The van der Waals surface area contributed by atoms with E-state index in [4.69, 9.17) is 15.9 Å². The fourth-order valence-corrected chi connectivity index (χ4v) is 6.74. The zero-order valence-corrected chi connectivity index (χ0v) is 40.0. The SMILES string of the molecule is CSCC[C@H](NC(=O)[C@H](CO)NC(=O)[C@@H](NC(=O)[C@H](Cc1ccccc1)NC(=O)[C@@H](NC(=O)[C@H](CC(=O)O)NC(=O)[C@@H](NC(=O)[C@@H](N)CCC(=O)O)C(C)C)C(C)C)C(C)C)C(=O)NCC(=O)O. The second kappa shape index (κ2) is 30.1. The Balaban J connectivity index is 3.38. The standard InChI is InChI=1S/C43H67N9O15S/c1-21(2)33(50-36(60)25(44)13-14-30(54)55)41(65)48-28(18-31(56)57)39(63)52-34(22(3)4)42(66)47-27(17-24-11-9-8-10-12-24)38(62)51-35(23(5)6)43(67)49-29(20-53)40(64)46-26(15-16-68-7)37(61)45-19-32(58)59/h8-12,21-23,25-29,33-35,53H,13-20,44H2,1-7H3,(H,45,61)(H,46,64)(H,47,66)(H,48,65)(H,49,67)(H,50,60)(H,51,62)(H,52,63)(H,54,55)(H,56,57)(H,58,59)/t25-,26-,27-,28-,29-,33-,34-,35-/m0/s1. The highest BCUT2D eigenvalue weighted by molar-refractivity contribution is 7.98. The molecule has 25 heteroatoms. The Morgan fingerprint density at radius 1 is 0.529 bits per heavy atom. The number of carboxylic acid groups (broad SMARTS) is 3. The molecule has 0 aliphatic rings. The summed E-state index contributed by atoms with van der Waals surface area (Å²) in [5, 5.41) is 56.9. The van der Waals surface area contributed by atoms with Crippen LogP contribution in [0.3, 0.4) is 0 Å². The Bertz CT molecular complexity index is 1920. The summed E-state index contributed by atoms with van der Waals surface area (Å²) in [7, 11) is 0. The number of hydrogen-bond donors (Lipinski definition) is 13. The van der Waals surface area contributed by atoms with Gasteiger partial charge in [-0.3, -0.25) is 52.7 Å². The van der Waals surface area contributed by atoms with Gasteiger partial charge in [-0.15, -0.1) is 0 Å². The smallest absolute Gasteiger partial charge is 0.322 e.